The summed E-state index contributed by atoms with van der Waals surface area (Å²) in [4.78, 5) is 33.5. The predicted molar refractivity (Wildman–Crippen MR) is 56.0 cm³/mol. The number of carboxylic acids is 1. The van der Waals surface area contributed by atoms with E-state index in [2.05, 4.69) is 5.32 Å². The second-order valence-electron chi connectivity index (χ2n) is 4.30. The molecule has 1 aliphatic heterocycles. The summed E-state index contributed by atoms with van der Waals surface area (Å²) in [7, 11) is 0. The van der Waals surface area contributed by atoms with Crippen molar-refractivity contribution in [2.24, 2.45) is 5.92 Å². The van der Waals surface area contributed by atoms with E-state index in [9.17, 15) is 27.6 Å². The van der Waals surface area contributed by atoms with Crippen LogP contribution in [0.15, 0.2) is 0 Å². The monoisotopic (exact) mass is 282 g/mol. The molecule has 108 valence electrons. The van der Waals surface area contributed by atoms with Gasteiger partial charge in [0.05, 0.1) is 0 Å². The Bertz CT molecular complexity index is 397. The fourth-order valence-corrected chi connectivity index (χ4v) is 1.68. The molecule has 9 heteroatoms. The molecule has 2 amide bonds. The molecule has 1 fully saturated rings. The van der Waals surface area contributed by atoms with Crippen LogP contribution in [0.3, 0.4) is 0 Å². The molecular weight excluding hydrogens is 269 g/mol. The number of hydrogen-bond donors (Lipinski definition) is 3. The van der Waals surface area contributed by atoms with Crippen LogP contribution in [-0.2, 0) is 14.4 Å². The minimum absolute atomic E-state index is 0.270. The van der Waals surface area contributed by atoms with Gasteiger partial charge in [0.1, 0.15) is 18.0 Å². The van der Waals surface area contributed by atoms with Gasteiger partial charge in [-0.25, -0.2) is 0 Å². The zero-order valence-corrected chi connectivity index (χ0v) is 9.95. The number of nitrogens with one attached hydrogen (secondary N) is 2. The van der Waals surface area contributed by atoms with E-state index in [0.717, 1.165) is 0 Å². The summed E-state index contributed by atoms with van der Waals surface area (Å²) in [6, 6.07) is -3.17. The SMILES string of the molecule is C[C@H](NC(=O)[C@H]1CC[C@H](C(F)(F)F)NC1=O)C(=O)O. The fraction of sp³-hybridized carbons (Fsp3) is 0.700. The summed E-state index contributed by atoms with van der Waals surface area (Å²) >= 11 is 0. The summed E-state index contributed by atoms with van der Waals surface area (Å²) < 4.78 is 37.1. The lowest BCUT2D eigenvalue weighted by atomic mass is 9.92. The lowest BCUT2D eigenvalue weighted by Gasteiger charge is -2.30. The largest absolute Gasteiger partial charge is 0.480 e. The molecule has 1 heterocycles. The Labute approximate surface area is 106 Å². The molecule has 3 atom stereocenters. The average Bonchev–Trinajstić information content (AvgIpc) is 2.27. The van der Waals surface area contributed by atoms with E-state index in [-0.39, 0.29) is 6.42 Å². The number of carbonyl (C=O) groups is 3. The Morgan fingerprint density at radius 3 is 2.42 bits per heavy atom. The lowest BCUT2D eigenvalue weighted by molar-refractivity contribution is -0.171. The van der Waals surface area contributed by atoms with Gasteiger partial charge in [-0.05, 0) is 19.8 Å². The van der Waals surface area contributed by atoms with Gasteiger partial charge in [0, 0.05) is 0 Å². The Hall–Kier alpha value is -1.80. The number of carboxylic acid groups (broad SMARTS) is 1. The third kappa shape index (κ3) is 3.83. The van der Waals surface area contributed by atoms with E-state index in [1.165, 1.54) is 6.92 Å². The maximum absolute atomic E-state index is 12.4. The molecule has 0 bridgehead atoms. The Balaban J connectivity index is 2.61. The first-order valence-corrected chi connectivity index (χ1v) is 5.53. The third-order valence-corrected chi connectivity index (χ3v) is 2.82. The van der Waals surface area contributed by atoms with E-state index >= 15 is 0 Å². The van der Waals surface area contributed by atoms with Gasteiger partial charge in [-0.1, -0.05) is 0 Å². The molecule has 0 aliphatic carbocycles. The normalized spacial score (nSPS) is 25.4. The van der Waals surface area contributed by atoms with Crippen LogP contribution in [0, 0.1) is 5.92 Å². The molecule has 0 aromatic carbocycles. The van der Waals surface area contributed by atoms with E-state index in [1.807, 2.05) is 0 Å². The molecule has 0 aromatic heterocycles. The number of alkyl halides is 3. The van der Waals surface area contributed by atoms with Crippen LogP contribution in [0.2, 0.25) is 0 Å². The molecule has 0 spiro atoms. The highest BCUT2D eigenvalue weighted by atomic mass is 19.4. The minimum atomic E-state index is -4.55. The van der Waals surface area contributed by atoms with Gasteiger partial charge >= 0.3 is 12.1 Å². The molecule has 1 saturated heterocycles. The molecule has 1 rings (SSSR count). The molecule has 0 radical (unpaired) electrons. The number of carbonyl (C=O) groups excluding carboxylic acids is 2. The van der Waals surface area contributed by atoms with E-state index in [4.69, 9.17) is 5.11 Å². The molecule has 19 heavy (non-hydrogen) atoms. The van der Waals surface area contributed by atoms with Crippen molar-refractivity contribution in [2.75, 3.05) is 0 Å². The van der Waals surface area contributed by atoms with Crippen molar-refractivity contribution in [3.05, 3.63) is 0 Å². The van der Waals surface area contributed by atoms with Crippen LogP contribution < -0.4 is 10.6 Å². The number of rotatable bonds is 3. The average molecular weight is 282 g/mol. The third-order valence-electron chi connectivity index (χ3n) is 2.82. The van der Waals surface area contributed by atoms with Crippen molar-refractivity contribution in [1.82, 2.24) is 10.6 Å². The van der Waals surface area contributed by atoms with Crippen molar-refractivity contribution < 1.29 is 32.7 Å². The minimum Gasteiger partial charge on any atom is -0.480 e. The van der Waals surface area contributed by atoms with Crippen molar-refractivity contribution in [3.8, 4) is 0 Å². The predicted octanol–water partition coefficient (Wildman–Crippen LogP) is 0.0328. The number of piperidine rings is 1. The first-order valence-electron chi connectivity index (χ1n) is 5.53. The summed E-state index contributed by atoms with van der Waals surface area (Å²) in [6.45, 7) is 1.19. The fourth-order valence-electron chi connectivity index (χ4n) is 1.68. The Morgan fingerprint density at radius 1 is 1.42 bits per heavy atom. The Morgan fingerprint density at radius 2 is 2.00 bits per heavy atom. The molecule has 6 nitrogen and oxygen atoms in total. The summed E-state index contributed by atoms with van der Waals surface area (Å²) in [5.41, 5.74) is 0. The summed E-state index contributed by atoms with van der Waals surface area (Å²) in [5.74, 6) is -4.50. The number of hydrogen-bond acceptors (Lipinski definition) is 3. The number of halogens is 3. The molecule has 3 N–H and O–H groups in total. The maximum atomic E-state index is 12.4. The molecule has 0 aromatic rings. The quantitative estimate of drug-likeness (QED) is 0.636. The van der Waals surface area contributed by atoms with Gasteiger partial charge in [-0.2, -0.15) is 13.2 Å². The first kappa shape index (κ1) is 15.3. The van der Waals surface area contributed by atoms with Crippen molar-refractivity contribution >= 4 is 17.8 Å². The second-order valence-corrected chi connectivity index (χ2v) is 4.30. The van der Waals surface area contributed by atoms with Gasteiger partial charge < -0.3 is 15.7 Å². The first-order chi connectivity index (χ1) is 8.62. The number of amides is 2. The van der Waals surface area contributed by atoms with Crippen LogP contribution in [0.5, 0.6) is 0 Å². The van der Waals surface area contributed by atoms with Gasteiger partial charge in [0.15, 0.2) is 0 Å². The van der Waals surface area contributed by atoms with Crippen LogP contribution >= 0.6 is 0 Å². The van der Waals surface area contributed by atoms with E-state index in [1.54, 1.807) is 5.32 Å². The lowest BCUT2D eigenvalue weighted by Crippen LogP contribution is -2.55. The molecule has 0 unspecified atom stereocenters. The van der Waals surface area contributed by atoms with Crippen LogP contribution in [0.1, 0.15) is 19.8 Å². The van der Waals surface area contributed by atoms with Gasteiger partial charge in [0.2, 0.25) is 11.8 Å². The van der Waals surface area contributed by atoms with Crippen molar-refractivity contribution in [1.29, 1.82) is 0 Å². The van der Waals surface area contributed by atoms with E-state index in [0.29, 0.717) is 0 Å². The zero-order chi connectivity index (χ0) is 14.8. The summed E-state index contributed by atoms with van der Waals surface area (Å²) in [5, 5.41) is 12.3. The zero-order valence-electron chi connectivity index (χ0n) is 9.95. The van der Waals surface area contributed by atoms with Crippen LogP contribution in [0.25, 0.3) is 0 Å². The topological polar surface area (TPSA) is 95.5 Å². The summed E-state index contributed by atoms with van der Waals surface area (Å²) in [6.07, 6.45) is -5.23. The van der Waals surface area contributed by atoms with Crippen molar-refractivity contribution in [3.63, 3.8) is 0 Å². The smallest absolute Gasteiger partial charge is 0.408 e. The highest BCUT2D eigenvalue weighted by Gasteiger charge is 2.46. The van der Waals surface area contributed by atoms with E-state index < -0.39 is 48.4 Å². The van der Waals surface area contributed by atoms with Crippen LogP contribution in [0.4, 0.5) is 13.2 Å². The number of aliphatic carboxylic acids is 1. The molecular formula is C10H13F3N2O4. The Kier molecular flexibility index (Phi) is 4.38. The van der Waals surface area contributed by atoms with Gasteiger partial charge in [-0.15, -0.1) is 0 Å². The van der Waals surface area contributed by atoms with Crippen molar-refractivity contribution in [2.45, 2.75) is 38.0 Å². The standard InChI is InChI=1S/C10H13F3N2O4/c1-4(9(18)19)14-7(16)5-2-3-6(10(11,12)13)15-8(5)17/h4-6H,2-3H2,1H3,(H,14,16)(H,15,17)(H,18,19)/t4-,5+,6+/m0/s1. The van der Waals surface area contributed by atoms with Gasteiger partial charge in [-0.3, -0.25) is 14.4 Å². The van der Waals surface area contributed by atoms with Crippen LogP contribution in [-0.4, -0.2) is 41.2 Å². The highest BCUT2D eigenvalue weighted by molar-refractivity contribution is 6.01. The highest BCUT2D eigenvalue weighted by Crippen LogP contribution is 2.28. The molecule has 0 saturated carbocycles. The second kappa shape index (κ2) is 5.45. The maximum Gasteiger partial charge on any atom is 0.408 e. The van der Waals surface area contributed by atoms with Gasteiger partial charge in [0.25, 0.3) is 0 Å². The molecule has 1 aliphatic rings.